The molecule has 0 radical (unpaired) electrons. The van der Waals surface area contributed by atoms with Crippen LogP contribution in [0.15, 0.2) is 53.7 Å². The van der Waals surface area contributed by atoms with Gasteiger partial charge in [-0.05, 0) is 43.9 Å². The molecule has 9 nitrogen and oxygen atoms in total. The second kappa shape index (κ2) is 7.37. The fourth-order valence-corrected chi connectivity index (χ4v) is 5.43. The highest BCUT2D eigenvalue weighted by atomic mass is 32.2. The molecular weight excluding hydrogens is 408 g/mol. The topological polar surface area (TPSA) is 127 Å². The van der Waals surface area contributed by atoms with Gasteiger partial charge in [-0.2, -0.15) is 0 Å². The van der Waals surface area contributed by atoms with Gasteiger partial charge in [0.1, 0.15) is 11.9 Å². The smallest absolute Gasteiger partial charge is 0.311 e. The molecule has 1 saturated carbocycles. The van der Waals surface area contributed by atoms with Crippen LogP contribution in [-0.4, -0.2) is 39.0 Å². The van der Waals surface area contributed by atoms with E-state index in [1.807, 2.05) is 6.92 Å². The maximum Gasteiger partial charge on any atom is 0.311 e. The lowest BCUT2D eigenvalue weighted by Gasteiger charge is -2.30. The molecule has 2 heterocycles. The zero-order valence-electron chi connectivity index (χ0n) is 16.4. The van der Waals surface area contributed by atoms with E-state index < -0.39 is 26.6 Å². The van der Waals surface area contributed by atoms with E-state index in [0.717, 1.165) is 10.2 Å². The van der Waals surface area contributed by atoms with Crippen molar-refractivity contribution in [3.05, 3.63) is 58.9 Å². The van der Waals surface area contributed by atoms with Gasteiger partial charge in [0, 0.05) is 11.7 Å². The Kier molecular flexibility index (Phi) is 4.99. The van der Waals surface area contributed by atoms with Crippen LogP contribution in [0.4, 0.5) is 11.4 Å². The van der Waals surface area contributed by atoms with E-state index in [1.165, 1.54) is 24.4 Å². The molecule has 3 aromatic rings. The minimum atomic E-state index is -3.91. The van der Waals surface area contributed by atoms with Crippen molar-refractivity contribution in [1.29, 1.82) is 0 Å². The molecule has 1 aromatic carbocycles. The Balaban J connectivity index is 1.88. The highest BCUT2D eigenvalue weighted by Gasteiger charge is 2.39. The lowest BCUT2D eigenvalue weighted by atomic mass is 9.93. The number of aromatic nitrogens is 2. The zero-order valence-corrected chi connectivity index (χ0v) is 17.2. The third kappa shape index (κ3) is 3.31. The Morgan fingerprint density at radius 2 is 2.07 bits per heavy atom. The molecule has 4 rings (SSSR count). The monoisotopic (exact) mass is 430 g/mol. The van der Waals surface area contributed by atoms with Gasteiger partial charge in [0.15, 0.2) is 5.65 Å². The van der Waals surface area contributed by atoms with Gasteiger partial charge in [0.25, 0.3) is 10.0 Å². The van der Waals surface area contributed by atoms with Crippen molar-refractivity contribution in [1.82, 2.24) is 8.96 Å². The van der Waals surface area contributed by atoms with Gasteiger partial charge in [-0.15, -0.1) is 0 Å². The minimum absolute atomic E-state index is 0.0982. The molecule has 2 unspecified atom stereocenters. The van der Waals surface area contributed by atoms with Gasteiger partial charge >= 0.3 is 5.69 Å². The van der Waals surface area contributed by atoms with Crippen molar-refractivity contribution in [2.75, 3.05) is 5.32 Å². The Morgan fingerprint density at radius 3 is 2.67 bits per heavy atom. The number of nitrogens with one attached hydrogen (secondary N) is 1. The second-order valence-electron chi connectivity index (χ2n) is 7.60. The first kappa shape index (κ1) is 20.3. The lowest BCUT2D eigenvalue weighted by Crippen LogP contribution is -2.35. The Morgan fingerprint density at radius 1 is 1.33 bits per heavy atom. The number of benzene rings is 1. The third-order valence-electron chi connectivity index (χ3n) is 5.81. The van der Waals surface area contributed by atoms with Crippen LogP contribution in [0.25, 0.3) is 11.0 Å². The number of pyridine rings is 1. The lowest BCUT2D eigenvalue weighted by molar-refractivity contribution is -0.384. The number of hydrogen-bond acceptors (Lipinski definition) is 7. The van der Waals surface area contributed by atoms with E-state index in [0.29, 0.717) is 31.1 Å². The molecule has 30 heavy (non-hydrogen) atoms. The number of rotatable bonds is 6. The van der Waals surface area contributed by atoms with Crippen LogP contribution in [0.5, 0.6) is 0 Å². The molecule has 1 aliphatic carbocycles. The van der Waals surface area contributed by atoms with E-state index in [1.54, 1.807) is 18.2 Å². The molecule has 2 aromatic heterocycles. The van der Waals surface area contributed by atoms with Crippen LogP contribution in [0.1, 0.15) is 32.6 Å². The molecule has 0 saturated heterocycles. The normalized spacial score (nSPS) is 21.7. The number of nitro groups is 1. The van der Waals surface area contributed by atoms with E-state index >= 15 is 0 Å². The van der Waals surface area contributed by atoms with E-state index in [-0.39, 0.29) is 21.9 Å². The fraction of sp³-hybridized carbons (Fsp3) is 0.350. The molecule has 2 N–H and O–H groups in total. The van der Waals surface area contributed by atoms with Crippen LogP contribution in [0, 0.1) is 10.1 Å². The summed E-state index contributed by atoms with van der Waals surface area (Å²) in [6.45, 7) is 1.96. The molecule has 1 fully saturated rings. The van der Waals surface area contributed by atoms with E-state index in [2.05, 4.69) is 10.3 Å². The van der Waals surface area contributed by atoms with E-state index in [4.69, 9.17) is 0 Å². The quantitative estimate of drug-likeness (QED) is 0.454. The number of hydrogen-bond donors (Lipinski definition) is 2. The van der Waals surface area contributed by atoms with Crippen LogP contribution >= 0.6 is 0 Å². The standard InChI is InChI=1S/C20H22N4O5S/c1-2-20(10-8-14(25)12-20)22-18-16-9-11-23(19(16)21-13-17(18)24(26)27)30(28,29)15-6-4-3-5-7-15/h3-7,9,11,13-14,25H,2,8,10,12H2,1H3,(H,21,22). The predicted molar refractivity (Wildman–Crippen MR) is 112 cm³/mol. The van der Waals surface area contributed by atoms with Crippen molar-refractivity contribution in [3.8, 4) is 0 Å². The molecule has 0 bridgehead atoms. The molecule has 0 amide bonds. The van der Waals surface area contributed by atoms with Gasteiger partial charge in [-0.3, -0.25) is 10.1 Å². The largest absolute Gasteiger partial charge is 0.393 e. The number of fused-ring (bicyclic) bond motifs is 1. The SMILES string of the molecule is CCC1(Nc2c([N+](=O)[O-])cnc3c2ccn3S(=O)(=O)c2ccccc2)CCC(O)C1. The maximum atomic E-state index is 13.1. The van der Waals surface area contributed by atoms with Gasteiger partial charge < -0.3 is 10.4 Å². The second-order valence-corrected chi connectivity index (χ2v) is 9.41. The van der Waals surface area contributed by atoms with Crippen molar-refractivity contribution in [2.24, 2.45) is 0 Å². The number of aliphatic hydroxyl groups excluding tert-OH is 1. The van der Waals surface area contributed by atoms with Crippen LogP contribution in [-0.2, 0) is 10.0 Å². The Hall–Kier alpha value is -2.98. The van der Waals surface area contributed by atoms with Crippen molar-refractivity contribution in [3.63, 3.8) is 0 Å². The summed E-state index contributed by atoms with van der Waals surface area (Å²) in [5.41, 5.74) is -0.398. The minimum Gasteiger partial charge on any atom is -0.393 e. The molecule has 10 heteroatoms. The first-order valence-electron chi connectivity index (χ1n) is 9.69. The van der Waals surface area contributed by atoms with Crippen molar-refractivity contribution in [2.45, 2.75) is 49.1 Å². The molecule has 0 spiro atoms. The van der Waals surface area contributed by atoms with Gasteiger partial charge in [-0.25, -0.2) is 17.4 Å². The predicted octanol–water partition coefficient (Wildman–Crippen LogP) is 3.29. The summed E-state index contributed by atoms with van der Waals surface area (Å²) in [5.74, 6) is 0. The summed E-state index contributed by atoms with van der Waals surface area (Å²) in [6, 6.07) is 9.46. The molecule has 158 valence electrons. The zero-order chi connectivity index (χ0) is 21.5. The molecule has 0 aliphatic heterocycles. The maximum absolute atomic E-state index is 13.1. The van der Waals surface area contributed by atoms with Crippen LogP contribution in [0.3, 0.4) is 0 Å². The van der Waals surface area contributed by atoms with Gasteiger partial charge in [0.2, 0.25) is 0 Å². The first-order valence-corrected chi connectivity index (χ1v) is 11.1. The molecule has 2 atom stereocenters. The molecular formula is C20H22N4O5S. The molecule has 1 aliphatic rings. The summed E-state index contributed by atoms with van der Waals surface area (Å²) in [7, 11) is -3.91. The van der Waals surface area contributed by atoms with Crippen molar-refractivity contribution < 1.29 is 18.4 Å². The Bertz CT molecular complexity index is 1210. The summed E-state index contributed by atoms with van der Waals surface area (Å²) < 4.78 is 27.2. The fourth-order valence-electron chi connectivity index (χ4n) is 4.11. The highest BCUT2D eigenvalue weighted by Crippen LogP contribution is 2.41. The summed E-state index contributed by atoms with van der Waals surface area (Å²) in [5, 5.41) is 25.3. The number of anilines is 1. The average molecular weight is 430 g/mol. The van der Waals surface area contributed by atoms with Crippen LogP contribution in [0.2, 0.25) is 0 Å². The van der Waals surface area contributed by atoms with Crippen molar-refractivity contribution >= 4 is 32.4 Å². The summed E-state index contributed by atoms with van der Waals surface area (Å²) >= 11 is 0. The third-order valence-corrected chi connectivity index (χ3v) is 7.49. The number of aliphatic hydroxyl groups is 1. The summed E-state index contributed by atoms with van der Waals surface area (Å²) in [4.78, 5) is 15.3. The van der Waals surface area contributed by atoms with Gasteiger partial charge in [0.05, 0.1) is 21.3 Å². The Labute approximate surface area is 173 Å². The first-order chi connectivity index (χ1) is 14.3. The summed E-state index contributed by atoms with van der Waals surface area (Å²) in [6.07, 6.45) is 4.35. The van der Waals surface area contributed by atoms with Crippen LogP contribution < -0.4 is 5.32 Å². The highest BCUT2D eigenvalue weighted by molar-refractivity contribution is 7.90. The average Bonchev–Trinajstić information content (AvgIpc) is 3.33. The van der Waals surface area contributed by atoms with E-state index in [9.17, 15) is 23.6 Å². The van der Waals surface area contributed by atoms with Gasteiger partial charge in [-0.1, -0.05) is 25.1 Å². The number of nitrogens with zero attached hydrogens (tertiary/aromatic N) is 3.